The third-order valence-corrected chi connectivity index (χ3v) is 5.21. The molecule has 25 heavy (non-hydrogen) atoms. The van der Waals surface area contributed by atoms with E-state index in [4.69, 9.17) is 4.74 Å². The number of likely N-dealkylation sites (tertiary alicyclic amines) is 2. The molecule has 3 heterocycles. The maximum atomic E-state index is 13.3. The molecule has 1 unspecified atom stereocenters. The molecule has 0 aliphatic carbocycles. The number of rotatable bonds is 5. The van der Waals surface area contributed by atoms with Crippen LogP contribution in [0.25, 0.3) is 0 Å². The lowest BCUT2D eigenvalue weighted by atomic mass is 9.85. The molecule has 2 aliphatic heterocycles. The number of hydrogen-bond acceptors (Lipinski definition) is 4. The van der Waals surface area contributed by atoms with Crippen LogP contribution in [0.1, 0.15) is 56.3 Å². The van der Waals surface area contributed by atoms with Crippen molar-refractivity contribution in [1.29, 1.82) is 0 Å². The monoisotopic (exact) mass is 345 g/mol. The van der Waals surface area contributed by atoms with E-state index in [9.17, 15) is 9.59 Å². The largest absolute Gasteiger partial charge is 0.477 e. The minimum atomic E-state index is -0.677. The summed E-state index contributed by atoms with van der Waals surface area (Å²) in [4.78, 5) is 34.4. The van der Waals surface area contributed by atoms with Crippen molar-refractivity contribution in [2.24, 2.45) is 0 Å². The number of piperidine rings is 1. The van der Waals surface area contributed by atoms with Crippen LogP contribution < -0.4 is 4.74 Å². The van der Waals surface area contributed by atoms with Gasteiger partial charge in [-0.3, -0.25) is 9.59 Å². The van der Waals surface area contributed by atoms with Crippen molar-refractivity contribution in [2.45, 2.75) is 51.5 Å². The van der Waals surface area contributed by atoms with Gasteiger partial charge in [0.15, 0.2) is 0 Å². The molecule has 136 valence electrons. The Bertz CT molecular complexity index is 647. The first-order valence-corrected chi connectivity index (χ1v) is 9.33. The number of hydrogen-bond donors (Lipinski definition) is 0. The molecule has 1 aromatic rings. The molecule has 6 heteroatoms. The van der Waals surface area contributed by atoms with Gasteiger partial charge < -0.3 is 14.5 Å². The van der Waals surface area contributed by atoms with Gasteiger partial charge in [-0.1, -0.05) is 6.92 Å². The summed E-state index contributed by atoms with van der Waals surface area (Å²) in [6.45, 7) is 6.58. The quantitative estimate of drug-likeness (QED) is 0.822. The molecule has 0 aromatic carbocycles. The molecule has 2 aliphatic rings. The van der Waals surface area contributed by atoms with E-state index in [1.807, 2.05) is 11.8 Å². The molecular formula is C19H27N3O3. The predicted molar refractivity (Wildman–Crippen MR) is 94.5 cm³/mol. The molecule has 1 atom stereocenters. The normalized spacial score (nSPS) is 23.4. The fourth-order valence-electron chi connectivity index (χ4n) is 4.16. The lowest BCUT2D eigenvalue weighted by Crippen LogP contribution is -2.61. The highest BCUT2D eigenvalue weighted by Crippen LogP contribution is 2.39. The average Bonchev–Trinajstić information content (AvgIpc) is 3.04. The van der Waals surface area contributed by atoms with Crippen molar-refractivity contribution in [3.8, 4) is 5.88 Å². The molecule has 3 rings (SSSR count). The first kappa shape index (κ1) is 17.7. The maximum absolute atomic E-state index is 13.3. The topological polar surface area (TPSA) is 62.7 Å². The van der Waals surface area contributed by atoms with Crippen LogP contribution in [-0.2, 0) is 4.79 Å². The predicted octanol–water partition coefficient (Wildman–Crippen LogP) is 2.49. The highest BCUT2D eigenvalue weighted by Gasteiger charge is 2.52. The second-order valence-corrected chi connectivity index (χ2v) is 6.78. The van der Waals surface area contributed by atoms with E-state index < -0.39 is 5.54 Å². The lowest BCUT2D eigenvalue weighted by molar-refractivity contribution is -0.145. The third kappa shape index (κ3) is 3.10. The third-order valence-electron chi connectivity index (χ3n) is 5.21. The molecule has 0 saturated carbocycles. The molecule has 0 N–H and O–H groups in total. The first-order valence-electron chi connectivity index (χ1n) is 9.33. The number of nitrogens with zero attached hydrogens (tertiary/aromatic N) is 3. The molecule has 6 nitrogen and oxygen atoms in total. The summed E-state index contributed by atoms with van der Waals surface area (Å²) in [5.74, 6) is 0.333. The molecule has 0 radical (unpaired) electrons. The maximum Gasteiger partial charge on any atom is 0.260 e. The molecule has 2 fully saturated rings. The van der Waals surface area contributed by atoms with Gasteiger partial charge >= 0.3 is 0 Å². The number of aromatic nitrogens is 1. The van der Waals surface area contributed by atoms with Gasteiger partial charge in [-0.15, -0.1) is 0 Å². The summed E-state index contributed by atoms with van der Waals surface area (Å²) < 4.78 is 5.53. The van der Waals surface area contributed by atoms with Gasteiger partial charge in [-0.25, -0.2) is 4.98 Å². The van der Waals surface area contributed by atoms with Crippen molar-refractivity contribution < 1.29 is 14.3 Å². The second-order valence-electron chi connectivity index (χ2n) is 6.78. The van der Waals surface area contributed by atoms with Gasteiger partial charge in [0.1, 0.15) is 11.1 Å². The molecule has 1 aromatic heterocycles. The van der Waals surface area contributed by atoms with Crippen molar-refractivity contribution in [2.75, 3.05) is 26.2 Å². The molecule has 1 spiro atoms. The smallest absolute Gasteiger partial charge is 0.260 e. The van der Waals surface area contributed by atoms with E-state index in [2.05, 4.69) is 11.9 Å². The van der Waals surface area contributed by atoms with Gasteiger partial charge in [-0.2, -0.15) is 0 Å². The zero-order chi connectivity index (χ0) is 17.9. The Morgan fingerprint density at radius 1 is 1.28 bits per heavy atom. The van der Waals surface area contributed by atoms with Crippen LogP contribution in [0.15, 0.2) is 18.3 Å². The van der Waals surface area contributed by atoms with Crippen LogP contribution in [0.2, 0.25) is 0 Å². The number of pyridine rings is 1. The van der Waals surface area contributed by atoms with Crippen molar-refractivity contribution >= 4 is 11.8 Å². The zero-order valence-corrected chi connectivity index (χ0v) is 15.2. The van der Waals surface area contributed by atoms with E-state index in [0.29, 0.717) is 24.6 Å². The summed E-state index contributed by atoms with van der Waals surface area (Å²) in [6.07, 6.45) is 5.87. The molecular weight excluding hydrogens is 318 g/mol. The standard InChI is InChI=1S/C19H27N3O3/c1-3-12-21-13-6-9-19(18(21)24)10-7-14-22(19)17(23)15-8-5-11-20-16(15)25-4-2/h5,8,11H,3-4,6-7,9-10,12-14H2,1-2H3. The summed E-state index contributed by atoms with van der Waals surface area (Å²) in [7, 11) is 0. The van der Waals surface area contributed by atoms with Gasteiger partial charge in [0.2, 0.25) is 11.8 Å². The number of carbonyl (C=O) groups is 2. The fraction of sp³-hybridized carbons (Fsp3) is 0.632. The first-order chi connectivity index (χ1) is 12.1. The lowest BCUT2D eigenvalue weighted by Gasteiger charge is -2.44. The fourth-order valence-corrected chi connectivity index (χ4v) is 4.16. The molecule has 0 bridgehead atoms. The van der Waals surface area contributed by atoms with E-state index in [-0.39, 0.29) is 11.8 Å². The summed E-state index contributed by atoms with van der Waals surface area (Å²) in [5.41, 5.74) is -0.227. The van der Waals surface area contributed by atoms with Gasteiger partial charge in [0.25, 0.3) is 5.91 Å². The van der Waals surface area contributed by atoms with Crippen molar-refractivity contribution in [1.82, 2.24) is 14.8 Å². The Morgan fingerprint density at radius 3 is 2.76 bits per heavy atom. The number of amides is 2. The Labute approximate surface area is 149 Å². The van der Waals surface area contributed by atoms with Crippen LogP contribution in [-0.4, -0.2) is 58.4 Å². The zero-order valence-electron chi connectivity index (χ0n) is 15.2. The van der Waals surface area contributed by atoms with Crippen LogP contribution in [0.4, 0.5) is 0 Å². The van der Waals surface area contributed by atoms with Gasteiger partial charge in [0, 0.05) is 25.8 Å². The summed E-state index contributed by atoms with van der Waals surface area (Å²) >= 11 is 0. The van der Waals surface area contributed by atoms with E-state index in [0.717, 1.165) is 45.2 Å². The Kier molecular flexibility index (Phi) is 5.25. The van der Waals surface area contributed by atoms with Crippen LogP contribution in [0.3, 0.4) is 0 Å². The number of carbonyl (C=O) groups excluding carboxylic acids is 2. The van der Waals surface area contributed by atoms with Crippen LogP contribution in [0.5, 0.6) is 5.88 Å². The Balaban J connectivity index is 1.91. The van der Waals surface area contributed by atoms with Crippen LogP contribution >= 0.6 is 0 Å². The Morgan fingerprint density at radius 2 is 2.04 bits per heavy atom. The molecule has 2 amide bonds. The van der Waals surface area contributed by atoms with Crippen LogP contribution in [0, 0.1) is 0 Å². The highest BCUT2D eigenvalue weighted by molar-refractivity contribution is 6.01. The average molecular weight is 345 g/mol. The van der Waals surface area contributed by atoms with Gasteiger partial charge in [-0.05, 0) is 51.2 Å². The Hall–Kier alpha value is -2.11. The number of ether oxygens (including phenoxy) is 1. The van der Waals surface area contributed by atoms with Crippen molar-refractivity contribution in [3.05, 3.63) is 23.9 Å². The van der Waals surface area contributed by atoms with E-state index >= 15 is 0 Å². The minimum Gasteiger partial charge on any atom is -0.477 e. The highest BCUT2D eigenvalue weighted by atomic mass is 16.5. The van der Waals surface area contributed by atoms with Crippen molar-refractivity contribution in [3.63, 3.8) is 0 Å². The summed E-state index contributed by atoms with van der Waals surface area (Å²) in [5, 5.41) is 0. The van der Waals surface area contributed by atoms with Gasteiger partial charge in [0.05, 0.1) is 6.61 Å². The summed E-state index contributed by atoms with van der Waals surface area (Å²) in [6, 6.07) is 3.48. The SMILES string of the molecule is CCCN1CCCC2(CCCN2C(=O)c2cccnc2OCC)C1=O. The van der Waals surface area contributed by atoms with E-state index in [1.54, 1.807) is 23.2 Å². The molecule has 2 saturated heterocycles. The van der Waals surface area contributed by atoms with E-state index in [1.165, 1.54) is 0 Å². The second kappa shape index (κ2) is 7.42. The minimum absolute atomic E-state index is 0.119.